The van der Waals surface area contributed by atoms with Crippen LogP contribution in [-0.4, -0.2) is 26.1 Å². The Morgan fingerprint density at radius 3 is 2.86 bits per heavy atom. The van der Waals surface area contributed by atoms with Gasteiger partial charge in [0.15, 0.2) is 0 Å². The highest BCUT2D eigenvalue weighted by Crippen LogP contribution is 2.25. The Morgan fingerprint density at radius 1 is 1.71 bits per heavy atom. The number of aromatic nitrogens is 2. The van der Waals surface area contributed by atoms with Crippen molar-refractivity contribution in [2.45, 2.75) is 31.4 Å². The van der Waals surface area contributed by atoms with Gasteiger partial charge < -0.3 is 9.67 Å². The maximum absolute atomic E-state index is 12.4. The molecule has 1 atom stereocenters. The van der Waals surface area contributed by atoms with E-state index < -0.39 is 11.5 Å². The van der Waals surface area contributed by atoms with Gasteiger partial charge in [-0.25, -0.2) is 4.98 Å². The molecule has 3 nitrogen and oxygen atoms in total. The van der Waals surface area contributed by atoms with Crippen LogP contribution in [0, 0.1) is 0 Å². The fourth-order valence-corrected chi connectivity index (χ4v) is 1.18. The number of aliphatic hydroxyl groups excluding tert-OH is 1. The highest BCUT2D eigenvalue weighted by atomic mass is 35.5. The summed E-state index contributed by atoms with van der Waals surface area (Å²) in [5.74, 6) is 0.403. The van der Waals surface area contributed by atoms with Gasteiger partial charge in [-0.3, -0.25) is 0 Å². The highest BCUT2D eigenvalue weighted by Gasteiger charge is 2.36. The first kappa shape index (κ1) is 11.4. The van der Waals surface area contributed by atoms with Crippen molar-refractivity contribution >= 4 is 11.6 Å². The number of nitrogens with zero attached hydrogens (tertiary/aromatic N) is 2. The molecule has 1 N–H and O–H groups in total. The largest absolute Gasteiger partial charge is 0.385 e. The molecule has 1 aromatic rings. The van der Waals surface area contributed by atoms with Gasteiger partial charge in [-0.1, -0.05) is 0 Å². The second-order valence-corrected chi connectivity index (χ2v) is 3.39. The quantitative estimate of drug-likeness (QED) is 0.790. The first-order chi connectivity index (χ1) is 6.45. The van der Waals surface area contributed by atoms with Gasteiger partial charge in [0.1, 0.15) is 11.9 Å². The van der Waals surface area contributed by atoms with Crippen molar-refractivity contribution in [3.8, 4) is 0 Å². The number of aryl methyl sites for hydroxylation is 1. The molecule has 1 aromatic heterocycles. The highest BCUT2D eigenvalue weighted by molar-refractivity contribution is 6.22. The van der Waals surface area contributed by atoms with Gasteiger partial charge in [-0.05, 0) is 18.5 Å². The van der Waals surface area contributed by atoms with Crippen molar-refractivity contribution in [1.29, 1.82) is 0 Å². The van der Waals surface area contributed by atoms with Crippen molar-refractivity contribution in [2.75, 3.05) is 0 Å². The number of halogens is 3. The molecule has 0 bridgehead atoms. The summed E-state index contributed by atoms with van der Waals surface area (Å²) in [6.45, 7) is 2.48. The van der Waals surface area contributed by atoms with Gasteiger partial charge in [0.2, 0.25) is 0 Å². The fraction of sp³-hybridized carbons (Fsp3) is 0.625. The maximum atomic E-state index is 12.4. The minimum absolute atomic E-state index is 0.253. The number of aliphatic hydroxyl groups is 1. The van der Waals surface area contributed by atoms with Crippen LogP contribution in [0.5, 0.6) is 0 Å². The number of rotatable bonds is 4. The van der Waals surface area contributed by atoms with Crippen LogP contribution < -0.4 is 0 Å². The molecule has 0 aliphatic rings. The Balaban J connectivity index is 2.69. The normalized spacial score (nSPS) is 14.4. The Morgan fingerprint density at radius 2 is 2.36 bits per heavy atom. The lowest BCUT2D eigenvalue weighted by Gasteiger charge is -2.15. The zero-order valence-electron chi connectivity index (χ0n) is 7.62. The van der Waals surface area contributed by atoms with Crippen LogP contribution >= 0.6 is 11.6 Å². The molecule has 80 valence electrons. The SMILES string of the molecule is CCn1ccnc1CC(O)C(F)(F)Cl. The van der Waals surface area contributed by atoms with Crippen molar-refractivity contribution < 1.29 is 13.9 Å². The Hall–Kier alpha value is -0.680. The Labute approximate surface area is 85.3 Å². The summed E-state index contributed by atoms with van der Waals surface area (Å²) in [6, 6.07) is 0. The summed E-state index contributed by atoms with van der Waals surface area (Å²) >= 11 is 4.68. The summed E-state index contributed by atoms with van der Waals surface area (Å²) in [7, 11) is 0. The van der Waals surface area contributed by atoms with Crippen LogP contribution in [-0.2, 0) is 13.0 Å². The van der Waals surface area contributed by atoms with E-state index in [1.54, 1.807) is 10.8 Å². The standard InChI is InChI=1S/C8H11ClF2N2O/c1-2-13-4-3-12-7(13)5-6(14)8(9,10)11/h3-4,6,14H,2,5H2,1H3. The zero-order chi connectivity index (χ0) is 10.8. The van der Waals surface area contributed by atoms with E-state index in [2.05, 4.69) is 16.6 Å². The molecule has 0 spiro atoms. The van der Waals surface area contributed by atoms with Gasteiger partial charge in [0, 0.05) is 25.4 Å². The monoisotopic (exact) mass is 224 g/mol. The van der Waals surface area contributed by atoms with Crippen LogP contribution in [0.25, 0.3) is 0 Å². The Kier molecular flexibility index (Phi) is 3.44. The number of hydrogen-bond donors (Lipinski definition) is 1. The predicted octanol–water partition coefficient (Wildman–Crippen LogP) is 1.64. The second-order valence-electron chi connectivity index (χ2n) is 2.89. The maximum Gasteiger partial charge on any atom is 0.347 e. The van der Waals surface area contributed by atoms with E-state index in [1.807, 2.05) is 6.92 Å². The molecule has 14 heavy (non-hydrogen) atoms. The molecule has 0 aromatic carbocycles. The van der Waals surface area contributed by atoms with E-state index in [-0.39, 0.29) is 6.42 Å². The molecule has 0 aliphatic heterocycles. The van der Waals surface area contributed by atoms with Crippen LogP contribution in [0.3, 0.4) is 0 Å². The van der Waals surface area contributed by atoms with Crippen LogP contribution in [0.1, 0.15) is 12.7 Å². The van der Waals surface area contributed by atoms with E-state index in [0.717, 1.165) is 0 Å². The zero-order valence-corrected chi connectivity index (χ0v) is 8.38. The molecule has 1 unspecified atom stereocenters. The van der Waals surface area contributed by atoms with Crippen molar-refractivity contribution in [1.82, 2.24) is 9.55 Å². The summed E-state index contributed by atoms with van der Waals surface area (Å²) < 4.78 is 26.5. The summed E-state index contributed by atoms with van der Waals surface area (Å²) in [6.07, 6.45) is 1.00. The first-order valence-corrected chi connectivity index (χ1v) is 4.57. The van der Waals surface area contributed by atoms with E-state index in [1.165, 1.54) is 6.20 Å². The molecular weight excluding hydrogens is 214 g/mol. The van der Waals surface area contributed by atoms with Gasteiger partial charge >= 0.3 is 5.38 Å². The lowest BCUT2D eigenvalue weighted by atomic mass is 10.2. The fourth-order valence-electron chi connectivity index (χ4n) is 1.11. The van der Waals surface area contributed by atoms with Crippen molar-refractivity contribution in [3.05, 3.63) is 18.2 Å². The lowest BCUT2D eigenvalue weighted by molar-refractivity contribution is -0.0409. The molecule has 0 fully saturated rings. The van der Waals surface area contributed by atoms with Gasteiger partial charge in [0.05, 0.1) is 0 Å². The summed E-state index contributed by atoms with van der Waals surface area (Å²) in [4.78, 5) is 3.85. The van der Waals surface area contributed by atoms with E-state index in [0.29, 0.717) is 12.4 Å². The van der Waals surface area contributed by atoms with Gasteiger partial charge in [-0.2, -0.15) is 8.78 Å². The molecule has 0 radical (unpaired) electrons. The number of imidazole rings is 1. The molecule has 0 saturated heterocycles. The van der Waals surface area contributed by atoms with E-state index in [4.69, 9.17) is 5.11 Å². The topological polar surface area (TPSA) is 38.0 Å². The van der Waals surface area contributed by atoms with Crippen LogP contribution in [0.2, 0.25) is 0 Å². The Bertz CT molecular complexity index is 298. The smallest absolute Gasteiger partial charge is 0.347 e. The molecular formula is C8H11ClF2N2O. The summed E-state index contributed by atoms with van der Waals surface area (Å²) in [5.41, 5.74) is 0. The molecule has 0 saturated carbocycles. The molecule has 1 heterocycles. The minimum Gasteiger partial charge on any atom is -0.385 e. The second kappa shape index (κ2) is 4.23. The molecule has 1 rings (SSSR count). The first-order valence-electron chi connectivity index (χ1n) is 4.20. The number of hydrogen-bond acceptors (Lipinski definition) is 2. The predicted molar refractivity (Wildman–Crippen MR) is 48.4 cm³/mol. The minimum atomic E-state index is -3.61. The average Bonchev–Trinajstić information content (AvgIpc) is 2.50. The number of alkyl halides is 3. The molecule has 0 amide bonds. The molecule has 0 aliphatic carbocycles. The third-order valence-corrected chi connectivity index (χ3v) is 2.15. The van der Waals surface area contributed by atoms with Crippen molar-refractivity contribution in [2.24, 2.45) is 0 Å². The van der Waals surface area contributed by atoms with E-state index in [9.17, 15) is 8.78 Å². The lowest BCUT2D eigenvalue weighted by Crippen LogP contribution is -2.30. The molecule has 6 heteroatoms. The third-order valence-electron chi connectivity index (χ3n) is 1.90. The third kappa shape index (κ3) is 2.65. The van der Waals surface area contributed by atoms with Gasteiger partial charge in [-0.15, -0.1) is 0 Å². The average molecular weight is 225 g/mol. The van der Waals surface area contributed by atoms with E-state index >= 15 is 0 Å². The van der Waals surface area contributed by atoms with Crippen LogP contribution in [0.15, 0.2) is 12.4 Å². The van der Waals surface area contributed by atoms with Crippen LogP contribution in [0.4, 0.5) is 8.78 Å². The van der Waals surface area contributed by atoms with Crippen molar-refractivity contribution in [3.63, 3.8) is 0 Å². The summed E-state index contributed by atoms with van der Waals surface area (Å²) in [5, 5.41) is 5.44. The van der Waals surface area contributed by atoms with Gasteiger partial charge in [0.25, 0.3) is 0 Å².